The highest BCUT2D eigenvalue weighted by atomic mass is 16.5. The van der Waals surface area contributed by atoms with Crippen LogP contribution in [0.3, 0.4) is 0 Å². The summed E-state index contributed by atoms with van der Waals surface area (Å²) in [6, 6.07) is 19.0. The van der Waals surface area contributed by atoms with Gasteiger partial charge in [0.05, 0.1) is 29.1 Å². The van der Waals surface area contributed by atoms with Gasteiger partial charge in [-0.2, -0.15) is 5.10 Å². The maximum Gasteiger partial charge on any atom is 0.272 e. The van der Waals surface area contributed by atoms with Crippen LogP contribution in [0, 0.1) is 0 Å². The van der Waals surface area contributed by atoms with Gasteiger partial charge in [-0.15, -0.1) is 0 Å². The Balaban J connectivity index is 1.75. The number of benzene rings is 3. The summed E-state index contributed by atoms with van der Waals surface area (Å²) < 4.78 is 11.0. The predicted octanol–water partition coefficient (Wildman–Crippen LogP) is 3.37. The van der Waals surface area contributed by atoms with Crippen LogP contribution in [-0.2, 0) is 11.2 Å². The quantitative estimate of drug-likeness (QED) is 0.314. The number of hydrogen-bond donors (Lipinski definition) is 3. The minimum Gasteiger partial charge on any atom is -0.491 e. The Kier molecular flexibility index (Phi) is 5.86. The molecule has 0 bridgehead atoms. The standard InChI is InChI=1S/C24H24N4O3/c1-30-10-11-31-23-9-6-15(12-19(23)16-7-8-20(25)21(26)14-16)13-22-17-4-2-3-5-18(17)24(29)28-27-22/h2-9,12,14H,10-11,13,25-26H2,1H3,(H,28,29). The van der Waals surface area contributed by atoms with Crippen molar-refractivity contribution in [2.24, 2.45) is 0 Å². The molecule has 3 aromatic carbocycles. The van der Waals surface area contributed by atoms with Crippen molar-refractivity contribution < 1.29 is 9.47 Å². The number of H-pyrrole nitrogens is 1. The zero-order valence-corrected chi connectivity index (χ0v) is 17.2. The van der Waals surface area contributed by atoms with Gasteiger partial charge in [0.2, 0.25) is 0 Å². The smallest absolute Gasteiger partial charge is 0.272 e. The van der Waals surface area contributed by atoms with E-state index < -0.39 is 0 Å². The summed E-state index contributed by atoms with van der Waals surface area (Å²) >= 11 is 0. The van der Waals surface area contributed by atoms with Gasteiger partial charge in [0.25, 0.3) is 5.56 Å². The third-order valence-electron chi connectivity index (χ3n) is 5.13. The van der Waals surface area contributed by atoms with Gasteiger partial charge in [-0.1, -0.05) is 30.3 Å². The minimum absolute atomic E-state index is 0.195. The van der Waals surface area contributed by atoms with Crippen molar-refractivity contribution in [3.63, 3.8) is 0 Å². The van der Waals surface area contributed by atoms with E-state index in [0.29, 0.717) is 36.4 Å². The van der Waals surface area contributed by atoms with Crippen LogP contribution in [0.4, 0.5) is 11.4 Å². The molecule has 0 fully saturated rings. The highest BCUT2D eigenvalue weighted by Gasteiger charge is 2.12. The van der Waals surface area contributed by atoms with Crippen LogP contribution in [0.5, 0.6) is 5.75 Å². The molecule has 5 N–H and O–H groups in total. The molecule has 7 nitrogen and oxygen atoms in total. The molecular weight excluding hydrogens is 392 g/mol. The van der Waals surface area contributed by atoms with Crippen molar-refractivity contribution in [1.82, 2.24) is 10.2 Å². The molecule has 0 unspecified atom stereocenters. The number of hydrogen-bond acceptors (Lipinski definition) is 6. The average Bonchev–Trinajstić information content (AvgIpc) is 2.79. The Morgan fingerprint density at radius 2 is 1.74 bits per heavy atom. The first kappa shape index (κ1) is 20.4. The van der Waals surface area contributed by atoms with Gasteiger partial charge in [-0.05, 0) is 41.5 Å². The number of nitrogens with one attached hydrogen (secondary N) is 1. The van der Waals surface area contributed by atoms with Crippen LogP contribution < -0.4 is 21.8 Å². The van der Waals surface area contributed by atoms with E-state index in [1.807, 2.05) is 42.5 Å². The van der Waals surface area contributed by atoms with E-state index in [4.69, 9.17) is 20.9 Å². The Morgan fingerprint density at radius 1 is 0.935 bits per heavy atom. The number of nitrogens with two attached hydrogens (primary N) is 2. The molecule has 0 aliphatic carbocycles. The number of rotatable bonds is 7. The van der Waals surface area contributed by atoms with Gasteiger partial charge in [0.15, 0.2) is 0 Å². The molecule has 1 aromatic heterocycles. The predicted molar refractivity (Wildman–Crippen MR) is 123 cm³/mol. The van der Waals surface area contributed by atoms with Crippen LogP contribution >= 0.6 is 0 Å². The summed E-state index contributed by atoms with van der Waals surface area (Å²) in [7, 11) is 1.63. The fraction of sp³-hybridized carbons (Fsp3) is 0.167. The van der Waals surface area contributed by atoms with Crippen molar-refractivity contribution in [3.8, 4) is 16.9 Å². The van der Waals surface area contributed by atoms with Crippen molar-refractivity contribution in [2.75, 3.05) is 31.8 Å². The lowest BCUT2D eigenvalue weighted by atomic mass is 9.98. The summed E-state index contributed by atoms with van der Waals surface area (Å²) in [5, 5.41) is 8.35. The molecule has 0 saturated carbocycles. The second-order valence-electron chi connectivity index (χ2n) is 7.24. The molecule has 0 radical (unpaired) electrons. The van der Waals surface area contributed by atoms with Crippen LogP contribution in [-0.4, -0.2) is 30.5 Å². The Bertz CT molecular complexity index is 1280. The summed E-state index contributed by atoms with van der Waals surface area (Å²) in [4.78, 5) is 12.1. The molecule has 158 valence electrons. The molecule has 4 rings (SSSR count). The van der Waals surface area contributed by atoms with E-state index in [-0.39, 0.29) is 5.56 Å². The maximum atomic E-state index is 12.1. The fourth-order valence-corrected chi connectivity index (χ4v) is 3.52. The zero-order valence-electron chi connectivity index (χ0n) is 17.2. The highest BCUT2D eigenvalue weighted by molar-refractivity contribution is 5.84. The van der Waals surface area contributed by atoms with E-state index >= 15 is 0 Å². The van der Waals surface area contributed by atoms with Crippen LogP contribution in [0.1, 0.15) is 11.3 Å². The molecule has 0 spiro atoms. The Hall–Kier alpha value is -3.84. The van der Waals surface area contributed by atoms with Crippen LogP contribution in [0.15, 0.2) is 65.5 Å². The number of aromatic nitrogens is 2. The normalized spacial score (nSPS) is 11.0. The Labute approximate surface area is 179 Å². The van der Waals surface area contributed by atoms with Gasteiger partial charge in [-0.25, -0.2) is 5.10 Å². The molecular formula is C24H24N4O3. The van der Waals surface area contributed by atoms with Gasteiger partial charge in [0.1, 0.15) is 12.4 Å². The lowest BCUT2D eigenvalue weighted by Crippen LogP contribution is -2.11. The third kappa shape index (κ3) is 4.36. The number of aromatic amines is 1. The zero-order chi connectivity index (χ0) is 21.8. The SMILES string of the molecule is COCCOc1ccc(Cc2n[nH]c(=O)c3ccccc23)cc1-c1ccc(N)c(N)c1. The lowest BCUT2D eigenvalue weighted by molar-refractivity contribution is 0.146. The second kappa shape index (κ2) is 8.89. The van der Waals surface area contributed by atoms with Crippen molar-refractivity contribution in [2.45, 2.75) is 6.42 Å². The topological polar surface area (TPSA) is 116 Å². The molecule has 0 aliphatic rings. The van der Waals surface area contributed by atoms with Crippen molar-refractivity contribution >= 4 is 22.1 Å². The average molecular weight is 416 g/mol. The first-order valence-corrected chi connectivity index (χ1v) is 9.93. The summed E-state index contributed by atoms with van der Waals surface area (Å²) in [5.74, 6) is 0.726. The van der Waals surface area contributed by atoms with E-state index in [1.165, 1.54) is 0 Å². The molecule has 31 heavy (non-hydrogen) atoms. The number of anilines is 2. The summed E-state index contributed by atoms with van der Waals surface area (Å²) in [6.07, 6.45) is 0.549. The highest BCUT2D eigenvalue weighted by Crippen LogP contribution is 2.34. The van der Waals surface area contributed by atoms with Crippen LogP contribution in [0.2, 0.25) is 0 Å². The molecule has 1 heterocycles. The lowest BCUT2D eigenvalue weighted by Gasteiger charge is -2.15. The van der Waals surface area contributed by atoms with Crippen LogP contribution in [0.25, 0.3) is 21.9 Å². The van der Waals surface area contributed by atoms with Gasteiger partial charge in [-0.3, -0.25) is 4.79 Å². The monoisotopic (exact) mass is 416 g/mol. The first-order chi connectivity index (χ1) is 15.1. The molecule has 0 aliphatic heterocycles. The van der Waals surface area contributed by atoms with E-state index in [1.54, 1.807) is 19.2 Å². The van der Waals surface area contributed by atoms with E-state index in [2.05, 4.69) is 16.3 Å². The summed E-state index contributed by atoms with van der Waals surface area (Å²) in [6.45, 7) is 0.914. The number of methoxy groups -OCH3 is 1. The minimum atomic E-state index is -0.195. The van der Waals surface area contributed by atoms with E-state index in [9.17, 15) is 4.79 Å². The molecule has 4 aromatic rings. The largest absolute Gasteiger partial charge is 0.491 e. The number of fused-ring (bicyclic) bond motifs is 1. The van der Waals surface area contributed by atoms with Crippen molar-refractivity contribution in [3.05, 3.63) is 82.3 Å². The molecule has 7 heteroatoms. The maximum absolute atomic E-state index is 12.1. The van der Waals surface area contributed by atoms with E-state index in [0.717, 1.165) is 33.5 Å². The Morgan fingerprint density at radius 3 is 2.52 bits per heavy atom. The fourth-order valence-electron chi connectivity index (χ4n) is 3.52. The molecule has 0 atom stereocenters. The molecule has 0 amide bonds. The number of ether oxygens (including phenoxy) is 2. The number of nitrogen functional groups attached to an aromatic ring is 2. The first-order valence-electron chi connectivity index (χ1n) is 9.93. The molecule has 0 saturated heterocycles. The second-order valence-corrected chi connectivity index (χ2v) is 7.24. The van der Waals surface area contributed by atoms with Gasteiger partial charge < -0.3 is 20.9 Å². The number of nitrogens with zero attached hydrogens (tertiary/aromatic N) is 1. The van der Waals surface area contributed by atoms with Gasteiger partial charge in [0, 0.05) is 24.5 Å². The van der Waals surface area contributed by atoms with Gasteiger partial charge >= 0.3 is 0 Å². The van der Waals surface area contributed by atoms with Crippen molar-refractivity contribution in [1.29, 1.82) is 0 Å². The summed E-state index contributed by atoms with van der Waals surface area (Å²) in [5.41, 5.74) is 16.4. The third-order valence-corrected chi connectivity index (χ3v) is 5.13.